The van der Waals surface area contributed by atoms with Crippen LogP contribution in [0.15, 0.2) is 176 Å². The molecule has 6 aliphatic rings. The zero-order chi connectivity index (χ0) is 50.8. The number of aromatic nitrogens is 2. The van der Waals surface area contributed by atoms with Crippen molar-refractivity contribution in [2.24, 2.45) is 7.05 Å². The molecule has 0 amide bonds. The van der Waals surface area contributed by atoms with E-state index >= 15 is 0 Å². The Morgan fingerprint density at radius 2 is 0.590 bits per heavy atom. The second-order valence-corrected chi connectivity index (χ2v) is 19.1. The van der Waals surface area contributed by atoms with Crippen LogP contribution < -0.4 is 109 Å². The Labute approximate surface area is 500 Å². The van der Waals surface area contributed by atoms with E-state index in [1.165, 1.54) is 80.2 Å². The number of para-hydroxylation sites is 14. The predicted octanol–water partition coefficient (Wildman–Crippen LogP) is -0.486. The van der Waals surface area contributed by atoms with Crippen LogP contribution in [0, 0.1) is 13.3 Å². The minimum atomic E-state index is 0. The molecule has 7 heterocycles. The van der Waals surface area contributed by atoms with Crippen LogP contribution in [-0.4, -0.2) is 78.5 Å². The maximum absolute atomic E-state index is 4.18. The number of benzene rings is 7. The van der Waals surface area contributed by atoms with E-state index < -0.39 is 0 Å². The van der Waals surface area contributed by atoms with Gasteiger partial charge in [-0.05, 0) is 99.0 Å². The minimum absolute atomic E-state index is 0. The van der Waals surface area contributed by atoms with Crippen molar-refractivity contribution < 1.29 is 69.7 Å². The van der Waals surface area contributed by atoms with Crippen molar-refractivity contribution in [3.05, 3.63) is 190 Å². The molecule has 19 heteroatoms. The van der Waals surface area contributed by atoms with Crippen LogP contribution in [0.5, 0.6) is 0 Å². The molecule has 7 aromatic carbocycles. The maximum atomic E-state index is 4.18. The summed E-state index contributed by atoms with van der Waals surface area (Å²) in [6.07, 6.45) is 3.07. The number of hydrogen-bond acceptors (Lipinski definition) is 13. The van der Waals surface area contributed by atoms with Gasteiger partial charge in [0.05, 0.1) is 62.9 Å². The molecule has 0 saturated heterocycles. The Morgan fingerprint density at radius 1 is 0.346 bits per heavy atom. The molecule has 1 aromatic heterocycles. The first-order valence-electron chi connectivity index (χ1n) is 25.1. The van der Waals surface area contributed by atoms with E-state index in [1.54, 1.807) is 0 Å². The van der Waals surface area contributed by atoms with E-state index in [2.05, 4.69) is 286 Å². The zero-order valence-corrected chi connectivity index (χ0v) is 51.0. The molecule has 0 unspecified atom stereocenters. The molecule has 0 bridgehead atoms. The second kappa shape index (κ2) is 27.3. The molecule has 417 valence electrons. The van der Waals surface area contributed by atoms with Crippen molar-refractivity contribution in [3.63, 3.8) is 0 Å². The fourth-order valence-corrected chi connectivity index (χ4v) is 10.2. The average molecular weight is 1310 g/mol. The molecule has 6 aliphatic heterocycles. The first-order valence-corrected chi connectivity index (χ1v) is 25.1. The summed E-state index contributed by atoms with van der Waals surface area (Å²) in [6.45, 7) is 12.0. The largest absolute Gasteiger partial charge is 1.00 e. The number of hydrogen-bond donors (Lipinski definition) is 0. The van der Waals surface area contributed by atoms with Crippen molar-refractivity contribution in [2.75, 3.05) is 128 Å². The number of aryl methyl sites for hydroxylation is 1. The number of rotatable bonds is 3. The van der Waals surface area contributed by atoms with Gasteiger partial charge in [0.25, 0.3) is 0 Å². The van der Waals surface area contributed by atoms with Gasteiger partial charge in [0.1, 0.15) is 26.7 Å². The van der Waals surface area contributed by atoms with Crippen molar-refractivity contribution >= 4 is 79.3 Å². The number of anilines is 12. The molecule has 0 spiro atoms. The molecule has 0 atom stereocenters. The van der Waals surface area contributed by atoms with Gasteiger partial charge in [-0.3, -0.25) is 20.0 Å². The molecule has 0 saturated carbocycles. The first-order chi connectivity index (χ1) is 35.6. The summed E-state index contributed by atoms with van der Waals surface area (Å²) in [5.74, 6) is 0. The number of halogens is 4. The smallest absolute Gasteiger partial charge is 0.110 e. The van der Waals surface area contributed by atoms with Gasteiger partial charge >= 0.3 is 0 Å². The van der Waals surface area contributed by atoms with Crippen LogP contribution in [0.3, 0.4) is 0 Å². The molecule has 14 rings (SSSR count). The number of imidazole rings is 1. The SMILES string of the molecule is CCC.CN1CN(N2CN(C)c3ccccc32)c2ccccc21.CN1CN(N2CN(C)c3ccccc32)c2ccccc21.CN1[CH-]N(N2[CH-]N(C)c3ccccc32)c2ccccc21.Cn1cnc2ccccc21.[Cl-].[Cl-].[Cl-].[Cl-].[Ir]. The molecule has 0 N–H and O–H groups in total. The van der Waals surface area contributed by atoms with E-state index in [9.17, 15) is 0 Å². The van der Waals surface area contributed by atoms with Gasteiger partial charge in [-0.15, -0.1) is 13.3 Å². The van der Waals surface area contributed by atoms with E-state index in [0.29, 0.717) is 0 Å². The van der Waals surface area contributed by atoms with Gasteiger partial charge in [0, 0.05) is 78.1 Å². The number of hydrazine groups is 3. The summed E-state index contributed by atoms with van der Waals surface area (Å²) >= 11 is 0. The number of fused-ring (bicyclic) bond motifs is 7. The number of nitrogens with zero attached hydrogens (tertiary/aromatic N) is 14. The van der Waals surface area contributed by atoms with Gasteiger partial charge in [-0.25, -0.2) is 4.98 Å². The van der Waals surface area contributed by atoms with Gasteiger partial charge in [0.2, 0.25) is 0 Å². The molecule has 14 nitrogen and oxygen atoms in total. The van der Waals surface area contributed by atoms with Gasteiger partial charge in [0.15, 0.2) is 0 Å². The van der Waals surface area contributed by atoms with Gasteiger partial charge in [-0.1, -0.05) is 105 Å². The Morgan fingerprint density at radius 3 is 0.885 bits per heavy atom. The Hall–Kier alpha value is -6.58. The average Bonchev–Trinajstić information content (AvgIpc) is 4.31. The first kappa shape index (κ1) is 62.3. The van der Waals surface area contributed by atoms with E-state index in [1.807, 2.05) is 36.1 Å². The van der Waals surface area contributed by atoms with Crippen LogP contribution in [-0.2, 0) is 27.2 Å². The molecule has 0 aliphatic carbocycles. The Bertz CT molecular complexity index is 2740. The van der Waals surface area contributed by atoms with E-state index in [0.717, 1.165) is 32.2 Å². The molecule has 78 heavy (non-hydrogen) atoms. The van der Waals surface area contributed by atoms with Gasteiger partial charge < -0.3 is 93.6 Å². The van der Waals surface area contributed by atoms with Crippen molar-refractivity contribution in [3.8, 4) is 0 Å². The zero-order valence-electron chi connectivity index (χ0n) is 45.5. The molecule has 0 fully saturated rings. The standard InChI is InChI=1S/2C16H18N4.C16H16N4.C8H8N2.C3H8.4ClH.Ir/c3*1-17-11-19(15-9-5-3-7-13(15)17)20-12-18(2)14-8-4-6-10-16(14)20;1-10-6-9-7-4-2-3-5-8(7)10;1-3-2;;;;;/h2*3-10H,11-12H2,1-2H3;3-12H,1-2H3;2-6H,1H3;3H2,1-2H3;4*1H;/q;;-2;;;;;;;/p-4. The molecular weight excluding hydrogens is 1240 g/mol. The second-order valence-electron chi connectivity index (χ2n) is 19.1. The van der Waals surface area contributed by atoms with Crippen LogP contribution in [0.25, 0.3) is 11.0 Å². The van der Waals surface area contributed by atoms with Crippen LogP contribution in [0.4, 0.5) is 68.2 Å². The summed E-state index contributed by atoms with van der Waals surface area (Å²) in [7, 11) is 14.7. The van der Waals surface area contributed by atoms with Crippen molar-refractivity contribution in [1.82, 2.24) is 9.55 Å². The Balaban J connectivity index is 0.000000188. The molecule has 8 aromatic rings. The fourth-order valence-electron chi connectivity index (χ4n) is 10.2. The minimum Gasteiger partial charge on any atom is -1.00 e. The molecular formula is C59H68Cl4IrN14-6. The van der Waals surface area contributed by atoms with Crippen LogP contribution in [0.2, 0.25) is 0 Å². The third-order valence-corrected chi connectivity index (χ3v) is 13.7. The summed E-state index contributed by atoms with van der Waals surface area (Å²) in [6, 6.07) is 59.3. The molecule has 1 radical (unpaired) electrons. The summed E-state index contributed by atoms with van der Waals surface area (Å²) in [5.41, 5.74) is 17.3. The quantitative estimate of drug-likeness (QED) is 0.215. The maximum Gasteiger partial charge on any atom is 0.110 e. The monoisotopic (exact) mass is 1310 g/mol. The topological polar surface area (TPSA) is 56.7 Å². The van der Waals surface area contributed by atoms with E-state index in [4.69, 9.17) is 0 Å². The van der Waals surface area contributed by atoms with Crippen molar-refractivity contribution in [1.29, 1.82) is 0 Å². The fraction of sp³-hybridized carbons (Fsp3) is 0.237. The predicted molar refractivity (Wildman–Crippen MR) is 309 cm³/mol. The van der Waals surface area contributed by atoms with Crippen LogP contribution in [0.1, 0.15) is 20.3 Å². The van der Waals surface area contributed by atoms with Crippen LogP contribution >= 0.6 is 0 Å². The van der Waals surface area contributed by atoms with E-state index in [-0.39, 0.29) is 69.7 Å². The Kier molecular flexibility index (Phi) is 21.8. The van der Waals surface area contributed by atoms with Crippen molar-refractivity contribution in [2.45, 2.75) is 20.3 Å². The third kappa shape index (κ3) is 12.2. The summed E-state index contributed by atoms with van der Waals surface area (Å²) < 4.78 is 2.01. The van der Waals surface area contributed by atoms with Gasteiger partial charge in [-0.2, -0.15) is 0 Å². The summed E-state index contributed by atoms with van der Waals surface area (Å²) in [5, 5.41) is 13.8. The third-order valence-electron chi connectivity index (χ3n) is 13.7. The normalized spacial score (nSPS) is 14.4. The summed E-state index contributed by atoms with van der Waals surface area (Å²) in [4.78, 5) is 17.6.